The van der Waals surface area contributed by atoms with Crippen molar-refractivity contribution in [2.45, 2.75) is 33.1 Å². The van der Waals surface area contributed by atoms with Crippen LogP contribution in [0.3, 0.4) is 0 Å². The standard InChI is InChI=1S/C38H32N2/c1-25-21-26(2)23-29(22-25)27-12-15-30(16-13-27)40(36-11-7-8-20-39-36)31-17-19-33-34-18-14-28-9-5-6-10-32(28)37(34)38(3,4)35(33)24-31/h5-24H,1-4H3. The molecule has 0 aliphatic heterocycles. The maximum Gasteiger partial charge on any atom is 0.137 e. The SMILES string of the molecule is Cc1cc(C)cc(-c2ccc(N(c3ccc4c(c3)C(C)(C)c3c-4ccc4ccccc34)c3ccccn3)cc2)c1. The minimum Gasteiger partial charge on any atom is -0.295 e. The molecule has 40 heavy (non-hydrogen) atoms. The van der Waals surface area contributed by atoms with Crippen molar-refractivity contribution >= 4 is 28.0 Å². The molecule has 0 spiro atoms. The zero-order valence-corrected chi connectivity index (χ0v) is 23.4. The number of anilines is 3. The molecule has 6 aromatic rings. The van der Waals surface area contributed by atoms with Gasteiger partial charge in [0.05, 0.1) is 0 Å². The van der Waals surface area contributed by atoms with E-state index >= 15 is 0 Å². The molecule has 0 N–H and O–H groups in total. The zero-order chi connectivity index (χ0) is 27.4. The summed E-state index contributed by atoms with van der Waals surface area (Å²) < 4.78 is 0. The van der Waals surface area contributed by atoms with Gasteiger partial charge in [-0.2, -0.15) is 0 Å². The van der Waals surface area contributed by atoms with Gasteiger partial charge < -0.3 is 0 Å². The fourth-order valence-electron chi connectivity index (χ4n) is 6.57. The third kappa shape index (κ3) is 3.91. The summed E-state index contributed by atoms with van der Waals surface area (Å²) in [7, 11) is 0. The molecule has 0 saturated heterocycles. The van der Waals surface area contributed by atoms with Crippen LogP contribution in [0.2, 0.25) is 0 Å². The first-order valence-corrected chi connectivity index (χ1v) is 14.0. The van der Waals surface area contributed by atoms with E-state index in [1.54, 1.807) is 0 Å². The number of hydrogen-bond acceptors (Lipinski definition) is 2. The fourth-order valence-corrected chi connectivity index (χ4v) is 6.57. The molecule has 1 aliphatic rings. The van der Waals surface area contributed by atoms with E-state index in [-0.39, 0.29) is 5.41 Å². The number of rotatable bonds is 4. The molecule has 7 rings (SSSR count). The Morgan fingerprint density at radius 2 is 1.30 bits per heavy atom. The number of benzene rings is 5. The van der Waals surface area contributed by atoms with Gasteiger partial charge in [-0.15, -0.1) is 0 Å². The van der Waals surface area contributed by atoms with Crippen molar-refractivity contribution in [3.8, 4) is 22.3 Å². The molecule has 0 unspecified atom stereocenters. The van der Waals surface area contributed by atoms with E-state index in [0.29, 0.717) is 0 Å². The minimum atomic E-state index is -0.121. The molecule has 0 saturated carbocycles. The molecule has 0 fully saturated rings. The Balaban J connectivity index is 1.35. The Kier molecular flexibility index (Phi) is 5.61. The molecule has 1 aromatic heterocycles. The molecule has 0 amide bonds. The van der Waals surface area contributed by atoms with Gasteiger partial charge in [0.2, 0.25) is 0 Å². The van der Waals surface area contributed by atoms with Crippen LogP contribution in [0.4, 0.5) is 17.2 Å². The van der Waals surface area contributed by atoms with Crippen LogP contribution in [0.25, 0.3) is 33.0 Å². The first-order valence-electron chi connectivity index (χ1n) is 14.0. The second-order valence-electron chi connectivity index (χ2n) is 11.5. The highest BCUT2D eigenvalue weighted by atomic mass is 15.2. The quantitative estimate of drug-likeness (QED) is 0.232. The van der Waals surface area contributed by atoms with E-state index in [2.05, 4.69) is 142 Å². The second kappa shape index (κ2) is 9.20. The van der Waals surface area contributed by atoms with Gasteiger partial charge in [-0.05, 0) is 94.4 Å². The van der Waals surface area contributed by atoms with Crippen LogP contribution in [0.1, 0.15) is 36.1 Å². The maximum absolute atomic E-state index is 4.77. The summed E-state index contributed by atoms with van der Waals surface area (Å²) in [6.07, 6.45) is 1.87. The molecule has 2 nitrogen and oxygen atoms in total. The third-order valence-corrected chi connectivity index (χ3v) is 8.34. The summed E-state index contributed by atoms with van der Waals surface area (Å²) in [6, 6.07) is 41.9. The van der Waals surface area contributed by atoms with Gasteiger partial charge >= 0.3 is 0 Å². The highest BCUT2D eigenvalue weighted by Gasteiger charge is 2.37. The van der Waals surface area contributed by atoms with Crippen molar-refractivity contribution in [1.29, 1.82) is 0 Å². The van der Waals surface area contributed by atoms with Crippen molar-refractivity contribution in [2.75, 3.05) is 4.90 Å². The smallest absolute Gasteiger partial charge is 0.137 e. The first-order chi connectivity index (χ1) is 19.4. The predicted octanol–water partition coefficient (Wildman–Crippen LogP) is 10.3. The molecule has 5 aromatic carbocycles. The lowest BCUT2D eigenvalue weighted by atomic mass is 9.80. The van der Waals surface area contributed by atoms with Crippen molar-refractivity contribution in [3.63, 3.8) is 0 Å². The molecule has 0 atom stereocenters. The van der Waals surface area contributed by atoms with Crippen molar-refractivity contribution < 1.29 is 0 Å². The van der Waals surface area contributed by atoms with E-state index in [1.165, 1.54) is 55.3 Å². The van der Waals surface area contributed by atoms with Gasteiger partial charge in [-0.1, -0.05) is 104 Å². The first kappa shape index (κ1) is 24.4. The van der Waals surface area contributed by atoms with Gasteiger partial charge in [0, 0.05) is 23.0 Å². The second-order valence-corrected chi connectivity index (χ2v) is 11.5. The molecule has 0 radical (unpaired) electrons. The van der Waals surface area contributed by atoms with E-state index in [1.807, 2.05) is 12.3 Å². The van der Waals surface area contributed by atoms with E-state index in [9.17, 15) is 0 Å². The molecule has 194 valence electrons. The predicted molar refractivity (Wildman–Crippen MR) is 169 cm³/mol. The van der Waals surface area contributed by atoms with Crippen LogP contribution in [0.15, 0.2) is 121 Å². The summed E-state index contributed by atoms with van der Waals surface area (Å²) in [5, 5.41) is 2.63. The van der Waals surface area contributed by atoms with Gasteiger partial charge in [-0.3, -0.25) is 4.90 Å². The normalized spacial score (nSPS) is 13.2. The zero-order valence-electron chi connectivity index (χ0n) is 23.4. The highest BCUT2D eigenvalue weighted by Crippen LogP contribution is 2.52. The van der Waals surface area contributed by atoms with Crippen LogP contribution in [0.5, 0.6) is 0 Å². The maximum atomic E-state index is 4.77. The molecular weight excluding hydrogens is 484 g/mol. The number of aromatic nitrogens is 1. The van der Waals surface area contributed by atoms with Crippen molar-refractivity contribution in [3.05, 3.63) is 144 Å². The summed E-state index contributed by atoms with van der Waals surface area (Å²) in [6.45, 7) is 9.03. The lowest BCUT2D eigenvalue weighted by Crippen LogP contribution is -2.17. The summed E-state index contributed by atoms with van der Waals surface area (Å²) in [5.74, 6) is 0.903. The van der Waals surface area contributed by atoms with E-state index in [4.69, 9.17) is 4.98 Å². The van der Waals surface area contributed by atoms with E-state index in [0.717, 1.165) is 17.2 Å². The lowest BCUT2D eigenvalue weighted by molar-refractivity contribution is 0.666. The summed E-state index contributed by atoms with van der Waals surface area (Å²) in [4.78, 5) is 7.04. The summed E-state index contributed by atoms with van der Waals surface area (Å²) in [5.41, 5.74) is 12.5. The number of pyridine rings is 1. The van der Waals surface area contributed by atoms with Crippen molar-refractivity contribution in [2.24, 2.45) is 0 Å². The number of hydrogen-bond donors (Lipinski definition) is 0. The largest absolute Gasteiger partial charge is 0.295 e. The highest BCUT2D eigenvalue weighted by molar-refractivity contribution is 5.98. The number of aryl methyl sites for hydroxylation is 2. The fraction of sp³-hybridized carbons (Fsp3) is 0.132. The van der Waals surface area contributed by atoms with Crippen LogP contribution in [0, 0.1) is 13.8 Å². The molecule has 1 aliphatic carbocycles. The molecule has 0 bridgehead atoms. The van der Waals surface area contributed by atoms with E-state index < -0.39 is 0 Å². The Bertz CT molecular complexity index is 1860. The Labute approximate surface area is 236 Å². The lowest BCUT2D eigenvalue weighted by Gasteiger charge is -2.27. The van der Waals surface area contributed by atoms with Crippen molar-refractivity contribution in [1.82, 2.24) is 4.98 Å². The van der Waals surface area contributed by atoms with Gasteiger partial charge in [0.1, 0.15) is 5.82 Å². The summed E-state index contributed by atoms with van der Waals surface area (Å²) >= 11 is 0. The Morgan fingerprint density at radius 1 is 0.600 bits per heavy atom. The number of nitrogens with zero attached hydrogens (tertiary/aromatic N) is 2. The molecule has 2 heteroatoms. The topological polar surface area (TPSA) is 16.1 Å². The average molecular weight is 517 g/mol. The Hall–Kier alpha value is -4.69. The van der Waals surface area contributed by atoms with Crippen LogP contribution < -0.4 is 4.90 Å². The minimum absolute atomic E-state index is 0.121. The number of fused-ring (bicyclic) bond motifs is 5. The monoisotopic (exact) mass is 516 g/mol. The average Bonchev–Trinajstić information content (AvgIpc) is 3.20. The van der Waals surface area contributed by atoms with Crippen LogP contribution >= 0.6 is 0 Å². The van der Waals surface area contributed by atoms with Gasteiger partial charge in [0.15, 0.2) is 0 Å². The molecular formula is C38H32N2. The Morgan fingerprint density at radius 3 is 2.05 bits per heavy atom. The van der Waals surface area contributed by atoms with Crippen LogP contribution in [-0.4, -0.2) is 4.98 Å². The van der Waals surface area contributed by atoms with Crippen LogP contribution in [-0.2, 0) is 5.41 Å². The van der Waals surface area contributed by atoms with Gasteiger partial charge in [0.25, 0.3) is 0 Å². The van der Waals surface area contributed by atoms with Gasteiger partial charge in [-0.25, -0.2) is 4.98 Å². The molecule has 1 heterocycles. The third-order valence-electron chi connectivity index (χ3n) is 8.34.